The summed E-state index contributed by atoms with van der Waals surface area (Å²) in [5.41, 5.74) is 4.20. The predicted molar refractivity (Wildman–Crippen MR) is 109 cm³/mol. The summed E-state index contributed by atoms with van der Waals surface area (Å²) in [7, 11) is 3.98. The third-order valence-corrected chi connectivity index (χ3v) is 4.82. The van der Waals surface area contributed by atoms with Gasteiger partial charge in [0.2, 0.25) is 0 Å². The Kier molecular flexibility index (Phi) is 5.65. The maximum absolute atomic E-state index is 13.6. The molecule has 1 aromatic heterocycles. The molecule has 1 aromatic carbocycles. The molecule has 3 rings (SSSR count). The fourth-order valence-corrected chi connectivity index (χ4v) is 3.39. The molecule has 0 bridgehead atoms. The maximum Gasteiger partial charge on any atom is 0.256 e. The van der Waals surface area contributed by atoms with E-state index >= 15 is 0 Å². The SMILES string of the molecule is Cc1[nH]c(C=C2C(=O)Nc3ccc(F)cc32)c(C)c1C(=O)NCCCN(C)C. The summed E-state index contributed by atoms with van der Waals surface area (Å²) in [6.07, 6.45) is 2.53. The second kappa shape index (κ2) is 7.98. The van der Waals surface area contributed by atoms with E-state index in [2.05, 4.69) is 20.5 Å². The van der Waals surface area contributed by atoms with Crippen LogP contribution in [0.2, 0.25) is 0 Å². The molecule has 2 heterocycles. The number of halogens is 1. The van der Waals surface area contributed by atoms with E-state index in [9.17, 15) is 14.0 Å². The Morgan fingerprint density at radius 1 is 1.29 bits per heavy atom. The van der Waals surface area contributed by atoms with Crippen LogP contribution in [0.1, 0.15) is 39.3 Å². The Morgan fingerprint density at radius 3 is 2.75 bits per heavy atom. The van der Waals surface area contributed by atoms with Crippen molar-refractivity contribution in [2.75, 3.05) is 32.5 Å². The number of nitrogens with one attached hydrogen (secondary N) is 3. The Labute approximate surface area is 163 Å². The van der Waals surface area contributed by atoms with E-state index < -0.39 is 5.82 Å². The van der Waals surface area contributed by atoms with E-state index in [1.54, 1.807) is 12.1 Å². The molecule has 3 N–H and O–H groups in total. The first kappa shape index (κ1) is 19.8. The number of H-pyrrole nitrogens is 1. The monoisotopic (exact) mass is 384 g/mol. The number of hydrogen-bond acceptors (Lipinski definition) is 3. The van der Waals surface area contributed by atoms with Crippen molar-refractivity contribution in [1.29, 1.82) is 0 Å². The van der Waals surface area contributed by atoms with Gasteiger partial charge in [-0.1, -0.05) is 0 Å². The minimum Gasteiger partial charge on any atom is -0.358 e. The first-order chi connectivity index (χ1) is 13.3. The molecule has 7 heteroatoms. The van der Waals surface area contributed by atoms with Crippen LogP contribution < -0.4 is 10.6 Å². The van der Waals surface area contributed by atoms with Crippen LogP contribution in [0.3, 0.4) is 0 Å². The molecule has 0 radical (unpaired) electrons. The van der Waals surface area contributed by atoms with Gasteiger partial charge in [-0.05, 0) is 70.7 Å². The van der Waals surface area contributed by atoms with Crippen LogP contribution in [-0.2, 0) is 4.79 Å². The van der Waals surface area contributed by atoms with Crippen molar-refractivity contribution in [3.8, 4) is 0 Å². The van der Waals surface area contributed by atoms with Crippen LogP contribution in [0.4, 0.5) is 10.1 Å². The van der Waals surface area contributed by atoms with Gasteiger partial charge in [0, 0.05) is 29.2 Å². The molecule has 148 valence electrons. The lowest BCUT2D eigenvalue weighted by Gasteiger charge is -2.10. The number of carbonyl (C=O) groups is 2. The molecule has 1 aliphatic heterocycles. The summed E-state index contributed by atoms with van der Waals surface area (Å²) >= 11 is 0. The summed E-state index contributed by atoms with van der Waals surface area (Å²) in [5.74, 6) is -0.836. The van der Waals surface area contributed by atoms with E-state index in [-0.39, 0.29) is 11.8 Å². The molecular weight excluding hydrogens is 359 g/mol. The van der Waals surface area contributed by atoms with Crippen LogP contribution in [0.15, 0.2) is 18.2 Å². The van der Waals surface area contributed by atoms with E-state index in [0.717, 1.165) is 24.2 Å². The van der Waals surface area contributed by atoms with Crippen LogP contribution in [0, 0.1) is 19.7 Å². The third kappa shape index (κ3) is 3.99. The maximum atomic E-state index is 13.6. The fourth-order valence-electron chi connectivity index (χ4n) is 3.39. The Hall–Kier alpha value is -2.93. The van der Waals surface area contributed by atoms with Gasteiger partial charge in [-0.25, -0.2) is 4.39 Å². The van der Waals surface area contributed by atoms with Crippen LogP contribution in [0.5, 0.6) is 0 Å². The number of aryl methyl sites for hydroxylation is 1. The predicted octanol–water partition coefficient (Wildman–Crippen LogP) is 2.94. The van der Waals surface area contributed by atoms with Crippen molar-refractivity contribution in [3.05, 3.63) is 52.1 Å². The van der Waals surface area contributed by atoms with Crippen LogP contribution in [-0.4, -0.2) is 48.9 Å². The summed E-state index contributed by atoms with van der Waals surface area (Å²) in [4.78, 5) is 30.2. The number of hydrogen-bond donors (Lipinski definition) is 3. The molecule has 1 aliphatic rings. The number of amides is 2. The summed E-state index contributed by atoms with van der Waals surface area (Å²) < 4.78 is 13.6. The average molecular weight is 384 g/mol. The highest BCUT2D eigenvalue weighted by Gasteiger charge is 2.26. The van der Waals surface area contributed by atoms with Gasteiger partial charge in [-0.2, -0.15) is 0 Å². The lowest BCUT2D eigenvalue weighted by Crippen LogP contribution is -2.27. The van der Waals surface area contributed by atoms with Gasteiger partial charge in [0.1, 0.15) is 5.82 Å². The molecule has 0 unspecified atom stereocenters. The van der Waals surface area contributed by atoms with Gasteiger partial charge in [0.05, 0.1) is 11.1 Å². The normalized spacial score (nSPS) is 14.5. The first-order valence-electron chi connectivity index (χ1n) is 9.23. The zero-order valence-corrected chi connectivity index (χ0v) is 16.6. The van der Waals surface area contributed by atoms with Crippen molar-refractivity contribution >= 4 is 29.2 Å². The molecule has 0 fully saturated rings. The molecule has 0 aliphatic carbocycles. The second-order valence-corrected chi connectivity index (χ2v) is 7.28. The Balaban J connectivity index is 1.85. The number of anilines is 1. The number of benzene rings is 1. The number of aromatic amines is 1. The van der Waals surface area contributed by atoms with E-state index in [1.807, 2.05) is 27.9 Å². The van der Waals surface area contributed by atoms with Crippen molar-refractivity contribution in [2.45, 2.75) is 20.3 Å². The minimum absolute atomic E-state index is 0.142. The molecule has 28 heavy (non-hydrogen) atoms. The summed E-state index contributed by atoms with van der Waals surface area (Å²) in [6, 6.07) is 4.19. The minimum atomic E-state index is -0.404. The number of carbonyl (C=O) groups excluding carboxylic acids is 2. The van der Waals surface area contributed by atoms with Crippen molar-refractivity contribution in [3.63, 3.8) is 0 Å². The molecular formula is C21H25FN4O2. The fraction of sp³-hybridized carbons (Fsp3) is 0.333. The largest absolute Gasteiger partial charge is 0.358 e. The number of rotatable bonds is 6. The molecule has 0 spiro atoms. The molecule has 0 atom stereocenters. The van der Waals surface area contributed by atoms with E-state index in [0.29, 0.717) is 34.6 Å². The smallest absolute Gasteiger partial charge is 0.256 e. The first-order valence-corrected chi connectivity index (χ1v) is 9.23. The van der Waals surface area contributed by atoms with E-state index in [1.165, 1.54) is 12.1 Å². The van der Waals surface area contributed by atoms with Crippen molar-refractivity contribution in [1.82, 2.24) is 15.2 Å². The van der Waals surface area contributed by atoms with Gasteiger partial charge in [-0.3, -0.25) is 9.59 Å². The zero-order chi connectivity index (χ0) is 20.4. The molecule has 0 saturated carbocycles. The highest BCUT2D eigenvalue weighted by molar-refractivity contribution is 6.34. The van der Waals surface area contributed by atoms with Gasteiger partial charge >= 0.3 is 0 Å². The van der Waals surface area contributed by atoms with Gasteiger partial charge in [0.15, 0.2) is 0 Å². The number of nitrogens with zero attached hydrogens (tertiary/aromatic N) is 1. The van der Waals surface area contributed by atoms with Crippen molar-refractivity contribution in [2.24, 2.45) is 0 Å². The summed E-state index contributed by atoms with van der Waals surface area (Å²) in [6.45, 7) is 5.15. The van der Waals surface area contributed by atoms with E-state index in [4.69, 9.17) is 0 Å². The highest BCUT2D eigenvalue weighted by Crippen LogP contribution is 2.34. The number of fused-ring (bicyclic) bond motifs is 1. The van der Waals surface area contributed by atoms with Gasteiger partial charge < -0.3 is 20.5 Å². The average Bonchev–Trinajstić information content (AvgIpc) is 3.08. The van der Waals surface area contributed by atoms with Gasteiger partial charge in [-0.15, -0.1) is 0 Å². The lowest BCUT2D eigenvalue weighted by atomic mass is 10.0. The molecule has 2 aromatic rings. The molecule has 2 amide bonds. The Morgan fingerprint density at radius 2 is 2.04 bits per heavy atom. The molecule has 6 nitrogen and oxygen atoms in total. The zero-order valence-electron chi connectivity index (χ0n) is 16.6. The van der Waals surface area contributed by atoms with Crippen LogP contribution in [0.25, 0.3) is 11.6 Å². The Bertz CT molecular complexity index is 960. The molecule has 0 saturated heterocycles. The second-order valence-electron chi connectivity index (χ2n) is 7.28. The topological polar surface area (TPSA) is 77.2 Å². The standard InChI is InChI=1S/C21H25FN4O2/c1-12-18(11-16-15-10-14(22)6-7-17(15)25-20(16)27)24-13(2)19(12)21(28)23-8-5-9-26(3)4/h6-7,10-11,24H,5,8-9H2,1-4H3,(H,23,28)(H,25,27). The number of aromatic nitrogens is 1. The lowest BCUT2D eigenvalue weighted by molar-refractivity contribution is -0.110. The van der Waals surface area contributed by atoms with Crippen LogP contribution >= 0.6 is 0 Å². The highest BCUT2D eigenvalue weighted by atomic mass is 19.1. The van der Waals surface area contributed by atoms with Crippen molar-refractivity contribution < 1.29 is 14.0 Å². The quantitative estimate of drug-likeness (QED) is 0.529. The van der Waals surface area contributed by atoms with Gasteiger partial charge in [0.25, 0.3) is 11.8 Å². The summed E-state index contributed by atoms with van der Waals surface area (Å²) in [5, 5.41) is 5.67. The third-order valence-electron chi connectivity index (χ3n) is 4.82.